The molecular formula is C9H5BrClNO2S2. The quantitative estimate of drug-likeness (QED) is 0.787. The number of benzene rings is 1. The molecule has 0 amide bonds. The van der Waals surface area contributed by atoms with Crippen molar-refractivity contribution in [3.05, 3.63) is 34.1 Å². The molecule has 2 rings (SSSR count). The summed E-state index contributed by atoms with van der Waals surface area (Å²) in [6, 6.07) is 7.46. The summed E-state index contributed by atoms with van der Waals surface area (Å²) in [6.07, 6.45) is 0. The molecule has 0 N–H and O–H groups in total. The predicted molar refractivity (Wildman–Crippen MR) is 68.3 cm³/mol. The van der Waals surface area contributed by atoms with Gasteiger partial charge < -0.3 is 0 Å². The van der Waals surface area contributed by atoms with Gasteiger partial charge in [-0.05, 0) is 12.1 Å². The zero-order valence-electron chi connectivity index (χ0n) is 7.72. The van der Waals surface area contributed by atoms with Gasteiger partial charge in [0.1, 0.15) is 5.01 Å². The van der Waals surface area contributed by atoms with Crippen molar-refractivity contribution in [2.75, 3.05) is 0 Å². The Balaban J connectivity index is 2.47. The van der Waals surface area contributed by atoms with Crippen molar-refractivity contribution in [1.29, 1.82) is 0 Å². The minimum absolute atomic E-state index is 0.103. The lowest BCUT2D eigenvalue weighted by molar-refractivity contribution is 0.607. The Morgan fingerprint density at radius 1 is 1.38 bits per heavy atom. The van der Waals surface area contributed by atoms with Crippen molar-refractivity contribution in [3.63, 3.8) is 0 Å². The molecule has 0 spiro atoms. The second-order valence-electron chi connectivity index (χ2n) is 2.94. The van der Waals surface area contributed by atoms with Gasteiger partial charge in [-0.1, -0.05) is 28.1 Å². The summed E-state index contributed by atoms with van der Waals surface area (Å²) in [5.74, 6) is 0. The minimum Gasteiger partial charge on any atom is -0.223 e. The fourth-order valence-corrected chi connectivity index (χ4v) is 3.50. The smallest absolute Gasteiger partial charge is 0.223 e. The van der Waals surface area contributed by atoms with Crippen LogP contribution in [-0.4, -0.2) is 13.4 Å². The van der Waals surface area contributed by atoms with Gasteiger partial charge in [-0.25, -0.2) is 13.4 Å². The van der Waals surface area contributed by atoms with Crippen molar-refractivity contribution < 1.29 is 8.42 Å². The van der Waals surface area contributed by atoms with Crippen LogP contribution >= 0.6 is 37.9 Å². The first-order valence-corrected chi connectivity index (χ1v) is 8.11. The Hall–Kier alpha value is -0.430. The molecule has 16 heavy (non-hydrogen) atoms. The van der Waals surface area contributed by atoms with Crippen molar-refractivity contribution in [1.82, 2.24) is 4.98 Å². The van der Waals surface area contributed by atoms with Gasteiger partial charge >= 0.3 is 0 Å². The number of halogens is 2. The molecule has 0 aliphatic carbocycles. The average Bonchev–Trinajstić information content (AvgIpc) is 2.65. The van der Waals surface area contributed by atoms with E-state index in [9.17, 15) is 8.42 Å². The van der Waals surface area contributed by atoms with Crippen LogP contribution in [0.4, 0.5) is 0 Å². The number of rotatable bonds is 2. The van der Waals surface area contributed by atoms with Gasteiger partial charge in [-0.2, -0.15) is 0 Å². The van der Waals surface area contributed by atoms with E-state index in [1.165, 1.54) is 16.7 Å². The first kappa shape index (κ1) is 12.0. The van der Waals surface area contributed by atoms with Crippen LogP contribution in [0, 0.1) is 0 Å². The molecule has 3 nitrogen and oxygen atoms in total. The van der Waals surface area contributed by atoms with Crippen LogP contribution in [0.3, 0.4) is 0 Å². The van der Waals surface area contributed by atoms with Crippen molar-refractivity contribution in [3.8, 4) is 10.6 Å². The molecule has 0 unspecified atom stereocenters. The molecule has 84 valence electrons. The molecule has 1 heterocycles. The third kappa shape index (κ3) is 2.63. The topological polar surface area (TPSA) is 47.0 Å². The Labute approximate surface area is 110 Å². The van der Waals surface area contributed by atoms with Gasteiger partial charge in [0.15, 0.2) is 5.03 Å². The molecule has 0 radical (unpaired) electrons. The Kier molecular flexibility index (Phi) is 3.34. The highest BCUT2D eigenvalue weighted by molar-refractivity contribution is 9.10. The van der Waals surface area contributed by atoms with E-state index in [1.54, 1.807) is 0 Å². The normalized spacial score (nSPS) is 11.6. The van der Waals surface area contributed by atoms with Gasteiger partial charge in [0.05, 0.1) is 0 Å². The molecule has 0 bridgehead atoms. The zero-order chi connectivity index (χ0) is 11.8. The highest BCUT2D eigenvalue weighted by Crippen LogP contribution is 2.28. The number of nitrogens with zero attached hydrogens (tertiary/aromatic N) is 1. The van der Waals surface area contributed by atoms with Crippen LogP contribution in [-0.2, 0) is 9.05 Å². The van der Waals surface area contributed by atoms with Gasteiger partial charge in [0, 0.05) is 26.1 Å². The Bertz CT molecular complexity index is 624. The average molecular weight is 339 g/mol. The summed E-state index contributed by atoms with van der Waals surface area (Å²) in [7, 11) is 1.46. The summed E-state index contributed by atoms with van der Waals surface area (Å²) >= 11 is 4.58. The maximum atomic E-state index is 11.0. The first-order valence-electron chi connectivity index (χ1n) is 4.13. The van der Waals surface area contributed by atoms with Gasteiger partial charge in [-0.15, -0.1) is 11.3 Å². The number of hydrogen-bond acceptors (Lipinski definition) is 4. The second kappa shape index (κ2) is 4.44. The van der Waals surface area contributed by atoms with Crippen LogP contribution in [0.5, 0.6) is 0 Å². The van der Waals surface area contributed by atoms with E-state index in [0.717, 1.165) is 10.0 Å². The minimum atomic E-state index is -3.74. The highest BCUT2D eigenvalue weighted by atomic mass is 79.9. The maximum absolute atomic E-state index is 11.0. The number of thiazole rings is 1. The predicted octanol–water partition coefficient (Wildman–Crippen LogP) is 3.50. The number of hydrogen-bond donors (Lipinski definition) is 0. The fourth-order valence-electron chi connectivity index (χ4n) is 1.13. The molecule has 2 aromatic rings. The molecule has 7 heteroatoms. The highest BCUT2D eigenvalue weighted by Gasteiger charge is 2.15. The monoisotopic (exact) mass is 337 g/mol. The van der Waals surface area contributed by atoms with E-state index in [2.05, 4.69) is 20.9 Å². The van der Waals surface area contributed by atoms with Crippen LogP contribution in [0.2, 0.25) is 0 Å². The van der Waals surface area contributed by atoms with Crippen LogP contribution < -0.4 is 0 Å². The first-order chi connectivity index (χ1) is 7.47. The lowest BCUT2D eigenvalue weighted by Crippen LogP contribution is -1.90. The lowest BCUT2D eigenvalue weighted by Gasteiger charge is -1.95. The molecule has 0 fully saturated rings. The third-order valence-corrected chi connectivity index (χ3v) is 4.52. The molecule has 1 aromatic carbocycles. The maximum Gasteiger partial charge on any atom is 0.279 e. The zero-order valence-corrected chi connectivity index (χ0v) is 11.7. The lowest BCUT2D eigenvalue weighted by atomic mass is 10.2. The molecule has 0 aliphatic rings. The Morgan fingerprint density at radius 3 is 2.69 bits per heavy atom. The molecular weight excluding hydrogens is 334 g/mol. The van der Waals surface area contributed by atoms with E-state index in [1.807, 2.05) is 24.3 Å². The summed E-state index contributed by atoms with van der Waals surface area (Å²) in [5.41, 5.74) is 0.853. The molecule has 0 saturated heterocycles. The van der Waals surface area contributed by atoms with E-state index in [4.69, 9.17) is 10.7 Å². The van der Waals surface area contributed by atoms with Crippen molar-refractivity contribution in [2.24, 2.45) is 0 Å². The van der Waals surface area contributed by atoms with Gasteiger partial charge in [0.25, 0.3) is 9.05 Å². The molecule has 1 aromatic heterocycles. The van der Waals surface area contributed by atoms with Gasteiger partial charge in [-0.3, -0.25) is 0 Å². The van der Waals surface area contributed by atoms with Gasteiger partial charge in [0.2, 0.25) is 0 Å². The molecule has 0 aliphatic heterocycles. The second-order valence-corrected chi connectivity index (χ2v) is 7.23. The van der Waals surface area contributed by atoms with Crippen LogP contribution in [0.25, 0.3) is 10.6 Å². The molecule has 0 saturated carbocycles. The number of aromatic nitrogens is 1. The SMILES string of the molecule is O=S(=O)(Cl)c1csc(-c2cccc(Br)c2)n1. The van der Waals surface area contributed by atoms with Crippen LogP contribution in [0.15, 0.2) is 39.1 Å². The van der Waals surface area contributed by atoms with E-state index in [-0.39, 0.29) is 5.03 Å². The van der Waals surface area contributed by atoms with Crippen molar-refractivity contribution in [2.45, 2.75) is 5.03 Å². The Morgan fingerprint density at radius 2 is 2.12 bits per heavy atom. The summed E-state index contributed by atoms with van der Waals surface area (Å²) in [5, 5.41) is 1.95. The molecule has 0 atom stereocenters. The summed E-state index contributed by atoms with van der Waals surface area (Å²) in [6.45, 7) is 0. The van der Waals surface area contributed by atoms with Crippen molar-refractivity contribution >= 4 is 47.0 Å². The van der Waals surface area contributed by atoms with E-state index in [0.29, 0.717) is 5.01 Å². The van der Waals surface area contributed by atoms with E-state index >= 15 is 0 Å². The van der Waals surface area contributed by atoms with Crippen LogP contribution in [0.1, 0.15) is 0 Å². The summed E-state index contributed by atoms with van der Waals surface area (Å²) in [4.78, 5) is 3.97. The van der Waals surface area contributed by atoms with E-state index < -0.39 is 9.05 Å². The fraction of sp³-hybridized carbons (Fsp3) is 0. The third-order valence-electron chi connectivity index (χ3n) is 1.80. The standard InChI is InChI=1S/C9H5BrClNO2S2/c10-7-3-1-2-6(4-7)9-12-8(5-15-9)16(11,13)14/h1-5H. The summed E-state index contributed by atoms with van der Waals surface area (Å²) < 4.78 is 23.0. The largest absolute Gasteiger partial charge is 0.279 e.